The van der Waals surface area contributed by atoms with Crippen LogP contribution >= 0.6 is 0 Å². The smallest absolute Gasteiger partial charge is 0.152 e. The SMILES string of the molecule is Cc1ccc(NC2CCCC2S(C)(=O)=O)cc1F. The molecule has 0 bridgehead atoms. The van der Waals surface area contributed by atoms with E-state index in [-0.39, 0.29) is 17.1 Å². The quantitative estimate of drug-likeness (QED) is 0.919. The number of hydrogen-bond donors (Lipinski definition) is 1. The highest BCUT2D eigenvalue weighted by Gasteiger charge is 2.34. The van der Waals surface area contributed by atoms with Crippen LogP contribution in [-0.2, 0) is 9.84 Å². The van der Waals surface area contributed by atoms with Gasteiger partial charge in [0.2, 0.25) is 0 Å². The van der Waals surface area contributed by atoms with Crippen LogP contribution < -0.4 is 5.32 Å². The van der Waals surface area contributed by atoms with Crippen molar-refractivity contribution in [2.45, 2.75) is 37.5 Å². The zero-order chi connectivity index (χ0) is 13.3. The third-order valence-corrected chi connectivity index (χ3v) is 5.19. The van der Waals surface area contributed by atoms with Crippen molar-refractivity contribution in [3.63, 3.8) is 0 Å². The van der Waals surface area contributed by atoms with Crippen LogP contribution in [0.3, 0.4) is 0 Å². The van der Waals surface area contributed by atoms with Crippen LogP contribution in [0.5, 0.6) is 0 Å². The molecule has 2 atom stereocenters. The van der Waals surface area contributed by atoms with Gasteiger partial charge in [0.15, 0.2) is 9.84 Å². The Morgan fingerprint density at radius 2 is 2.06 bits per heavy atom. The fourth-order valence-electron chi connectivity index (χ4n) is 2.50. The van der Waals surface area contributed by atoms with E-state index in [9.17, 15) is 12.8 Å². The van der Waals surface area contributed by atoms with Gasteiger partial charge >= 0.3 is 0 Å². The topological polar surface area (TPSA) is 46.2 Å². The summed E-state index contributed by atoms with van der Waals surface area (Å²) in [5.41, 5.74) is 1.24. The molecule has 0 spiro atoms. The zero-order valence-electron chi connectivity index (χ0n) is 10.6. The molecule has 1 aliphatic rings. The second kappa shape index (κ2) is 4.88. The van der Waals surface area contributed by atoms with Crippen molar-refractivity contribution in [3.8, 4) is 0 Å². The average molecular weight is 271 g/mol. The van der Waals surface area contributed by atoms with Crippen molar-refractivity contribution in [3.05, 3.63) is 29.6 Å². The standard InChI is InChI=1S/C13H18FNO2S/c1-9-6-7-10(8-11(9)14)15-12-4-3-5-13(12)18(2,16)17/h6-8,12-13,15H,3-5H2,1-2H3. The maximum absolute atomic E-state index is 13.4. The van der Waals surface area contributed by atoms with Gasteiger partial charge in [-0.1, -0.05) is 6.07 Å². The molecule has 2 unspecified atom stereocenters. The van der Waals surface area contributed by atoms with Crippen LogP contribution in [0, 0.1) is 12.7 Å². The molecule has 1 saturated carbocycles. The van der Waals surface area contributed by atoms with Gasteiger partial charge in [-0.2, -0.15) is 0 Å². The summed E-state index contributed by atoms with van der Waals surface area (Å²) in [5.74, 6) is -0.270. The molecule has 18 heavy (non-hydrogen) atoms. The highest BCUT2D eigenvalue weighted by Crippen LogP contribution is 2.28. The Bertz CT molecular complexity index is 542. The molecule has 0 amide bonds. The van der Waals surface area contributed by atoms with E-state index in [2.05, 4.69) is 5.32 Å². The molecule has 3 nitrogen and oxygen atoms in total. The lowest BCUT2D eigenvalue weighted by molar-refractivity contribution is 0.579. The molecule has 0 aromatic heterocycles. The lowest BCUT2D eigenvalue weighted by Crippen LogP contribution is -2.34. The summed E-state index contributed by atoms with van der Waals surface area (Å²) in [6.45, 7) is 1.70. The zero-order valence-corrected chi connectivity index (χ0v) is 11.4. The second-order valence-electron chi connectivity index (χ2n) is 5.01. The van der Waals surface area contributed by atoms with Gasteiger partial charge in [-0.25, -0.2) is 12.8 Å². The maximum Gasteiger partial charge on any atom is 0.152 e. The predicted molar refractivity (Wildman–Crippen MR) is 71.0 cm³/mol. The molecule has 0 heterocycles. The minimum Gasteiger partial charge on any atom is -0.381 e. The summed E-state index contributed by atoms with van der Waals surface area (Å²) < 4.78 is 36.7. The summed E-state index contributed by atoms with van der Waals surface area (Å²) in [4.78, 5) is 0. The largest absolute Gasteiger partial charge is 0.381 e. The highest BCUT2D eigenvalue weighted by atomic mass is 32.2. The van der Waals surface area contributed by atoms with Crippen molar-refractivity contribution in [1.82, 2.24) is 0 Å². The summed E-state index contributed by atoms with van der Waals surface area (Å²) in [7, 11) is -3.05. The van der Waals surface area contributed by atoms with E-state index in [4.69, 9.17) is 0 Å². The fourth-order valence-corrected chi connectivity index (χ4v) is 3.90. The lowest BCUT2D eigenvalue weighted by Gasteiger charge is -2.20. The van der Waals surface area contributed by atoms with E-state index in [0.29, 0.717) is 17.7 Å². The number of sulfone groups is 1. The Kier molecular flexibility index (Phi) is 3.61. The van der Waals surface area contributed by atoms with E-state index in [0.717, 1.165) is 12.8 Å². The van der Waals surface area contributed by atoms with Crippen LogP contribution in [0.1, 0.15) is 24.8 Å². The van der Waals surface area contributed by atoms with E-state index in [1.54, 1.807) is 19.1 Å². The minimum absolute atomic E-state index is 0.109. The van der Waals surface area contributed by atoms with Gasteiger partial charge in [0.25, 0.3) is 0 Å². The summed E-state index contributed by atoms with van der Waals surface area (Å²) in [5, 5.41) is 2.79. The summed E-state index contributed by atoms with van der Waals surface area (Å²) >= 11 is 0. The fraction of sp³-hybridized carbons (Fsp3) is 0.538. The third kappa shape index (κ3) is 2.83. The van der Waals surface area contributed by atoms with Crippen molar-refractivity contribution >= 4 is 15.5 Å². The van der Waals surface area contributed by atoms with E-state index >= 15 is 0 Å². The first kappa shape index (κ1) is 13.3. The van der Waals surface area contributed by atoms with Gasteiger partial charge in [0.1, 0.15) is 5.82 Å². The number of halogens is 1. The molecule has 0 saturated heterocycles. The van der Waals surface area contributed by atoms with Crippen LogP contribution in [0.15, 0.2) is 18.2 Å². The number of rotatable bonds is 3. The first-order valence-corrected chi connectivity index (χ1v) is 8.05. The average Bonchev–Trinajstić information content (AvgIpc) is 2.71. The van der Waals surface area contributed by atoms with Crippen molar-refractivity contribution in [2.24, 2.45) is 0 Å². The third-order valence-electron chi connectivity index (χ3n) is 3.53. The molecule has 5 heteroatoms. The van der Waals surface area contributed by atoms with Crippen molar-refractivity contribution in [2.75, 3.05) is 11.6 Å². The van der Waals surface area contributed by atoms with E-state index in [1.165, 1.54) is 12.3 Å². The van der Waals surface area contributed by atoms with Crippen molar-refractivity contribution < 1.29 is 12.8 Å². The molecule has 1 fully saturated rings. The Labute approximate surface area is 107 Å². The van der Waals surface area contributed by atoms with Crippen LogP contribution in [0.2, 0.25) is 0 Å². The Balaban J connectivity index is 2.16. The molecule has 1 aliphatic carbocycles. The van der Waals surface area contributed by atoms with E-state index < -0.39 is 9.84 Å². The number of anilines is 1. The van der Waals surface area contributed by atoms with Gasteiger partial charge in [-0.3, -0.25) is 0 Å². The molecular formula is C13H18FNO2S. The highest BCUT2D eigenvalue weighted by molar-refractivity contribution is 7.91. The summed E-state index contributed by atoms with van der Waals surface area (Å²) in [6, 6.07) is 4.80. The molecular weight excluding hydrogens is 253 g/mol. The molecule has 100 valence electrons. The maximum atomic E-state index is 13.4. The Hall–Kier alpha value is -1.10. The summed E-state index contributed by atoms with van der Waals surface area (Å²) in [6.07, 6.45) is 3.66. The van der Waals surface area contributed by atoms with Crippen LogP contribution in [0.25, 0.3) is 0 Å². The number of aryl methyl sites for hydroxylation is 1. The molecule has 1 aromatic carbocycles. The predicted octanol–water partition coefficient (Wildman–Crippen LogP) is 2.51. The first-order valence-electron chi connectivity index (χ1n) is 6.09. The second-order valence-corrected chi connectivity index (χ2v) is 7.28. The van der Waals surface area contributed by atoms with Crippen LogP contribution in [-0.4, -0.2) is 26.0 Å². The molecule has 0 aliphatic heterocycles. The number of nitrogens with one attached hydrogen (secondary N) is 1. The van der Waals surface area contributed by atoms with Crippen LogP contribution in [0.4, 0.5) is 10.1 Å². The molecule has 2 rings (SSSR count). The van der Waals surface area contributed by atoms with Gasteiger partial charge in [0.05, 0.1) is 5.25 Å². The van der Waals surface area contributed by atoms with Gasteiger partial charge in [-0.05, 0) is 43.9 Å². The Morgan fingerprint density at radius 3 is 2.67 bits per heavy atom. The van der Waals surface area contributed by atoms with Gasteiger partial charge < -0.3 is 5.32 Å². The first-order chi connectivity index (χ1) is 8.38. The Morgan fingerprint density at radius 1 is 1.33 bits per heavy atom. The number of hydrogen-bond acceptors (Lipinski definition) is 3. The lowest BCUT2D eigenvalue weighted by atomic mass is 10.2. The molecule has 0 radical (unpaired) electrons. The van der Waals surface area contributed by atoms with E-state index in [1.807, 2.05) is 0 Å². The monoisotopic (exact) mass is 271 g/mol. The van der Waals surface area contributed by atoms with Crippen molar-refractivity contribution in [1.29, 1.82) is 0 Å². The van der Waals surface area contributed by atoms with Gasteiger partial charge in [0, 0.05) is 18.0 Å². The number of benzene rings is 1. The normalized spacial score (nSPS) is 24.2. The molecule has 1 aromatic rings. The molecule has 1 N–H and O–H groups in total. The van der Waals surface area contributed by atoms with Gasteiger partial charge in [-0.15, -0.1) is 0 Å². The minimum atomic E-state index is -3.05.